The second-order valence-electron chi connectivity index (χ2n) is 9.89. The van der Waals surface area contributed by atoms with Crippen molar-refractivity contribution in [3.8, 4) is 11.6 Å². The van der Waals surface area contributed by atoms with Gasteiger partial charge in [-0.05, 0) is 54.8 Å². The first-order valence-electron chi connectivity index (χ1n) is 13.3. The molecule has 41 heavy (non-hydrogen) atoms. The number of nitrogens with one attached hydrogen (secondary N) is 1. The molecule has 2 amide bonds. The molecule has 5 rings (SSSR count). The van der Waals surface area contributed by atoms with Gasteiger partial charge in [0.25, 0.3) is 0 Å². The molecule has 0 spiro atoms. The quantitative estimate of drug-likeness (QED) is 0.384. The number of aromatic nitrogens is 2. The summed E-state index contributed by atoms with van der Waals surface area (Å²) in [5.74, 6) is 0.324. The minimum Gasteiger partial charge on any atom is -0.494 e. The number of benzene rings is 1. The third kappa shape index (κ3) is 6.18. The Morgan fingerprint density at radius 2 is 1.85 bits per heavy atom. The van der Waals surface area contributed by atoms with Gasteiger partial charge in [-0.1, -0.05) is 6.92 Å². The average molecular weight is 571 g/mol. The van der Waals surface area contributed by atoms with Crippen LogP contribution in [-0.4, -0.2) is 58.1 Å². The van der Waals surface area contributed by atoms with Crippen molar-refractivity contribution in [2.75, 3.05) is 20.3 Å². The van der Waals surface area contributed by atoms with Crippen molar-refractivity contribution in [1.29, 1.82) is 0 Å². The molecule has 10 nitrogen and oxygen atoms in total. The second kappa shape index (κ2) is 11.6. The number of fused-ring (bicyclic) bond motifs is 1. The van der Waals surface area contributed by atoms with Gasteiger partial charge in [0.05, 0.1) is 30.7 Å². The first-order chi connectivity index (χ1) is 19.6. The van der Waals surface area contributed by atoms with Gasteiger partial charge in [0.15, 0.2) is 5.69 Å². The molecule has 0 aliphatic carbocycles. The largest absolute Gasteiger partial charge is 0.494 e. The van der Waals surface area contributed by atoms with E-state index in [4.69, 9.17) is 9.47 Å². The number of nitrogens with zero attached hydrogens (tertiary/aromatic N) is 5. The van der Waals surface area contributed by atoms with E-state index in [9.17, 15) is 22.8 Å². The number of carbonyl (C=O) groups is 2. The predicted molar refractivity (Wildman–Crippen MR) is 144 cm³/mol. The van der Waals surface area contributed by atoms with Gasteiger partial charge in [0.1, 0.15) is 5.75 Å². The number of halogens is 3. The smallest absolute Gasteiger partial charge is 0.435 e. The molecule has 0 bridgehead atoms. The molecule has 0 radical (unpaired) electrons. The Hall–Kier alpha value is -4.42. The van der Waals surface area contributed by atoms with Crippen molar-refractivity contribution in [3.05, 3.63) is 59.3 Å². The number of ether oxygens (including phenoxy) is 2. The fraction of sp³-hybridized carbons (Fsp3) is 0.393. The van der Waals surface area contributed by atoms with Gasteiger partial charge in [-0.25, -0.2) is 10.4 Å². The molecule has 0 saturated heterocycles. The molecule has 2 aliphatic heterocycles. The van der Waals surface area contributed by atoms with Crippen molar-refractivity contribution in [2.24, 2.45) is 16.1 Å². The van der Waals surface area contributed by atoms with E-state index in [0.717, 1.165) is 21.9 Å². The number of carbonyl (C=O) groups excluding carboxylic acids is 2. The van der Waals surface area contributed by atoms with Crippen LogP contribution < -0.4 is 14.9 Å². The maximum absolute atomic E-state index is 13.4. The van der Waals surface area contributed by atoms with E-state index in [1.54, 1.807) is 6.07 Å². The van der Waals surface area contributed by atoms with E-state index in [2.05, 4.69) is 20.7 Å². The topological polar surface area (TPSA) is 110 Å². The number of alkyl halides is 3. The van der Waals surface area contributed by atoms with Crippen LogP contribution in [0.4, 0.5) is 13.2 Å². The van der Waals surface area contributed by atoms with E-state index < -0.39 is 11.9 Å². The van der Waals surface area contributed by atoms with Crippen LogP contribution in [0, 0.1) is 5.92 Å². The lowest BCUT2D eigenvalue weighted by molar-refractivity contribution is -0.141. The highest BCUT2D eigenvalue weighted by Gasteiger charge is 2.36. The number of rotatable bonds is 9. The average Bonchev–Trinajstić information content (AvgIpc) is 3.41. The van der Waals surface area contributed by atoms with Gasteiger partial charge in [-0.2, -0.15) is 33.0 Å². The molecule has 4 heterocycles. The zero-order valence-corrected chi connectivity index (χ0v) is 22.6. The number of pyridine rings is 1. The number of hydrazone groups is 2. The summed E-state index contributed by atoms with van der Waals surface area (Å²) in [6.07, 6.45) is -2.15. The van der Waals surface area contributed by atoms with Crippen LogP contribution in [0.3, 0.4) is 0 Å². The van der Waals surface area contributed by atoms with E-state index in [-0.39, 0.29) is 35.5 Å². The fourth-order valence-corrected chi connectivity index (χ4v) is 4.78. The zero-order valence-electron chi connectivity index (χ0n) is 22.6. The van der Waals surface area contributed by atoms with E-state index in [1.807, 2.05) is 31.2 Å². The molecule has 0 saturated carbocycles. The maximum atomic E-state index is 13.4. The molecule has 1 aromatic carbocycles. The van der Waals surface area contributed by atoms with Crippen LogP contribution in [0.5, 0.6) is 11.6 Å². The summed E-state index contributed by atoms with van der Waals surface area (Å²) < 4.78 is 52.4. The third-order valence-corrected chi connectivity index (χ3v) is 6.95. The van der Waals surface area contributed by atoms with Gasteiger partial charge < -0.3 is 9.47 Å². The molecule has 2 aliphatic rings. The molecular weight excluding hydrogens is 541 g/mol. The van der Waals surface area contributed by atoms with Crippen LogP contribution >= 0.6 is 0 Å². The van der Waals surface area contributed by atoms with Crippen LogP contribution in [0.15, 0.2) is 52.7 Å². The first kappa shape index (κ1) is 28.1. The minimum atomic E-state index is -4.62. The van der Waals surface area contributed by atoms with Crippen LogP contribution in [0.25, 0.3) is 5.52 Å². The molecule has 0 fully saturated rings. The molecule has 216 valence electrons. The molecule has 1 unspecified atom stereocenters. The fourth-order valence-electron chi connectivity index (χ4n) is 4.78. The summed E-state index contributed by atoms with van der Waals surface area (Å²) in [4.78, 5) is 24.0. The lowest BCUT2D eigenvalue weighted by atomic mass is 9.93. The monoisotopic (exact) mass is 570 g/mol. The lowest BCUT2D eigenvalue weighted by Gasteiger charge is -2.28. The Morgan fingerprint density at radius 1 is 1.07 bits per heavy atom. The van der Waals surface area contributed by atoms with Gasteiger partial charge in [0, 0.05) is 43.4 Å². The molecule has 2 aromatic heterocycles. The Bertz CT molecular complexity index is 1510. The van der Waals surface area contributed by atoms with Crippen LogP contribution in [0.1, 0.15) is 55.8 Å². The molecule has 1 atom stereocenters. The first-order valence-corrected chi connectivity index (χ1v) is 13.3. The SMILES string of the molecule is COc1ccc(C2=NN(CCCCOc3ccc(C4=NNC(=O)CC4)cc3)C(=O)CC2C)c2cc(C(F)(F)F)nn12. The highest BCUT2D eigenvalue weighted by atomic mass is 19.4. The summed E-state index contributed by atoms with van der Waals surface area (Å²) in [5, 5.41) is 13.7. The zero-order chi connectivity index (χ0) is 29.1. The highest BCUT2D eigenvalue weighted by molar-refractivity contribution is 6.10. The van der Waals surface area contributed by atoms with Crippen molar-refractivity contribution in [3.63, 3.8) is 0 Å². The van der Waals surface area contributed by atoms with Gasteiger partial charge in [-0.15, -0.1) is 0 Å². The normalized spacial score (nSPS) is 17.8. The highest BCUT2D eigenvalue weighted by Crippen LogP contribution is 2.33. The van der Waals surface area contributed by atoms with Crippen molar-refractivity contribution in [2.45, 2.75) is 45.2 Å². The summed E-state index contributed by atoms with van der Waals surface area (Å²) in [6, 6.07) is 11.6. The van der Waals surface area contributed by atoms with Crippen LogP contribution in [-0.2, 0) is 15.8 Å². The summed E-state index contributed by atoms with van der Waals surface area (Å²) in [6.45, 7) is 2.61. The standard InChI is InChI=1S/C28H29F3N6O4/c1-17-15-25(39)36(13-3-4-14-41-19-7-5-18(6-8-19)21-10-11-24(38)33-32-21)35-27(17)20-9-12-26(40-2)37-22(20)16-23(34-37)28(29,30)31/h5-9,12,16-17H,3-4,10-11,13-15H2,1-2H3,(H,33,38). The second-order valence-corrected chi connectivity index (χ2v) is 9.89. The minimum absolute atomic E-state index is 0.0905. The number of methoxy groups -OCH3 is 1. The summed E-state index contributed by atoms with van der Waals surface area (Å²) in [7, 11) is 1.36. The molecule has 3 aromatic rings. The predicted octanol–water partition coefficient (Wildman–Crippen LogP) is 4.41. The molecule has 13 heteroatoms. The Kier molecular flexibility index (Phi) is 7.95. The van der Waals surface area contributed by atoms with Gasteiger partial charge in [0.2, 0.25) is 17.7 Å². The lowest BCUT2D eigenvalue weighted by Crippen LogP contribution is -2.37. The van der Waals surface area contributed by atoms with Crippen LogP contribution in [0.2, 0.25) is 0 Å². The number of hydrogen-bond acceptors (Lipinski definition) is 7. The Labute approximate surface area is 233 Å². The third-order valence-electron chi connectivity index (χ3n) is 6.95. The molecular formula is C28H29F3N6O4. The van der Waals surface area contributed by atoms with Crippen molar-refractivity contribution in [1.82, 2.24) is 20.0 Å². The Morgan fingerprint density at radius 3 is 2.54 bits per heavy atom. The van der Waals surface area contributed by atoms with Gasteiger partial charge >= 0.3 is 6.18 Å². The summed E-state index contributed by atoms with van der Waals surface area (Å²) in [5.41, 5.74) is 4.38. The van der Waals surface area contributed by atoms with Crippen molar-refractivity contribution >= 4 is 28.8 Å². The summed E-state index contributed by atoms with van der Waals surface area (Å²) >= 11 is 0. The van der Waals surface area contributed by atoms with E-state index in [0.29, 0.717) is 55.9 Å². The number of amides is 2. The number of unbranched alkanes of at least 4 members (excludes halogenated alkanes) is 1. The van der Waals surface area contributed by atoms with Crippen molar-refractivity contribution < 1.29 is 32.2 Å². The number of hydrogen-bond donors (Lipinski definition) is 1. The van der Waals surface area contributed by atoms with Gasteiger partial charge in [-0.3, -0.25) is 9.59 Å². The van der Waals surface area contributed by atoms with E-state index >= 15 is 0 Å². The maximum Gasteiger partial charge on any atom is 0.435 e. The van der Waals surface area contributed by atoms with E-state index in [1.165, 1.54) is 18.2 Å². The Balaban J connectivity index is 1.22. The molecule has 1 N–H and O–H groups in total.